The smallest absolute Gasteiger partial charge is 0.256 e. The molecule has 2 aromatic heterocycles. The number of hydrogen-bond acceptors (Lipinski definition) is 4. The molecule has 2 heterocycles. The second-order valence-electron chi connectivity index (χ2n) is 5.10. The molecule has 0 aliphatic rings. The van der Waals surface area contributed by atoms with Gasteiger partial charge in [-0.15, -0.1) is 11.3 Å². The van der Waals surface area contributed by atoms with Gasteiger partial charge in [0, 0.05) is 16.8 Å². The first kappa shape index (κ1) is 16.4. The minimum Gasteiger partial charge on any atom is -0.352 e. The molecule has 0 fully saturated rings. The molecule has 0 spiro atoms. The van der Waals surface area contributed by atoms with Crippen molar-refractivity contribution in [3.8, 4) is 0 Å². The Hall–Kier alpha value is -2.44. The van der Waals surface area contributed by atoms with Crippen LogP contribution >= 0.6 is 22.7 Å². The zero-order valence-electron chi connectivity index (χ0n) is 12.8. The summed E-state index contributed by atoms with van der Waals surface area (Å²) in [7, 11) is 0. The lowest BCUT2D eigenvalue weighted by molar-refractivity contribution is 0.0955. The number of benzene rings is 1. The number of carbonyl (C=O) groups excluding carboxylic acids is 2. The Morgan fingerprint density at radius 2 is 1.83 bits per heavy atom. The third-order valence-electron chi connectivity index (χ3n) is 3.44. The lowest BCUT2D eigenvalue weighted by Gasteiger charge is -2.11. The average molecular weight is 356 g/mol. The van der Waals surface area contributed by atoms with E-state index in [-0.39, 0.29) is 11.8 Å². The predicted molar refractivity (Wildman–Crippen MR) is 99.1 cm³/mol. The Kier molecular flexibility index (Phi) is 5.40. The molecule has 0 saturated heterocycles. The summed E-state index contributed by atoms with van der Waals surface area (Å²) in [5.41, 5.74) is 1.57. The lowest BCUT2D eigenvalue weighted by atomic mass is 10.1. The summed E-state index contributed by atoms with van der Waals surface area (Å²) >= 11 is 3.13. The van der Waals surface area contributed by atoms with Gasteiger partial charge in [-0.25, -0.2) is 0 Å². The fourth-order valence-corrected chi connectivity index (χ4v) is 3.57. The van der Waals surface area contributed by atoms with Gasteiger partial charge in [-0.3, -0.25) is 9.59 Å². The highest BCUT2D eigenvalue weighted by molar-refractivity contribution is 7.09. The zero-order valence-corrected chi connectivity index (χ0v) is 14.5. The summed E-state index contributed by atoms with van der Waals surface area (Å²) in [4.78, 5) is 25.8. The summed E-state index contributed by atoms with van der Waals surface area (Å²) in [5.74, 6) is -0.400. The zero-order chi connectivity index (χ0) is 16.8. The van der Waals surface area contributed by atoms with Crippen LogP contribution in [0, 0.1) is 0 Å². The first-order valence-electron chi connectivity index (χ1n) is 7.47. The highest BCUT2D eigenvalue weighted by atomic mass is 32.1. The second kappa shape index (κ2) is 7.90. The van der Waals surface area contributed by atoms with Crippen LogP contribution < -0.4 is 10.6 Å². The Balaban J connectivity index is 1.64. The highest BCUT2D eigenvalue weighted by Crippen LogP contribution is 2.17. The van der Waals surface area contributed by atoms with Gasteiger partial charge in [-0.1, -0.05) is 18.2 Å². The summed E-state index contributed by atoms with van der Waals surface area (Å²) in [6.07, 6.45) is 0.798. The number of carbonyl (C=O) groups is 2. The molecule has 0 bridgehead atoms. The maximum Gasteiger partial charge on any atom is 0.256 e. The van der Waals surface area contributed by atoms with E-state index in [1.54, 1.807) is 47.0 Å². The third-order valence-corrected chi connectivity index (χ3v) is 5.06. The molecular formula is C18H16N2O2S2. The standard InChI is InChI=1S/C18H16N2O2S2/c21-17(13-8-11-23-12-13)20-16-6-2-1-5-15(16)18(22)19-9-7-14-4-3-10-24-14/h1-6,8,10-12H,7,9H2,(H,19,22)(H,20,21). The van der Waals surface area contributed by atoms with E-state index in [1.807, 2.05) is 22.9 Å². The minimum absolute atomic E-state index is 0.187. The maximum absolute atomic E-state index is 12.4. The molecule has 0 saturated carbocycles. The molecule has 0 aliphatic carbocycles. The summed E-state index contributed by atoms with van der Waals surface area (Å²) in [5, 5.41) is 11.4. The molecule has 0 radical (unpaired) electrons. The number of amides is 2. The van der Waals surface area contributed by atoms with Crippen LogP contribution in [-0.2, 0) is 6.42 Å². The van der Waals surface area contributed by atoms with Gasteiger partial charge in [0.05, 0.1) is 16.8 Å². The average Bonchev–Trinajstić information content (AvgIpc) is 3.29. The number of hydrogen-bond donors (Lipinski definition) is 2. The Morgan fingerprint density at radius 1 is 0.958 bits per heavy atom. The van der Waals surface area contributed by atoms with Crippen LogP contribution in [-0.4, -0.2) is 18.4 Å². The molecule has 0 unspecified atom stereocenters. The molecule has 6 heteroatoms. The van der Waals surface area contributed by atoms with Crippen molar-refractivity contribution in [3.63, 3.8) is 0 Å². The van der Waals surface area contributed by atoms with Crippen LogP contribution in [0.2, 0.25) is 0 Å². The number of thiophene rings is 2. The van der Waals surface area contributed by atoms with E-state index in [4.69, 9.17) is 0 Å². The SMILES string of the molecule is O=C(Nc1ccccc1C(=O)NCCc1cccs1)c1ccsc1. The lowest BCUT2D eigenvalue weighted by Crippen LogP contribution is -2.27. The quantitative estimate of drug-likeness (QED) is 0.700. The van der Waals surface area contributed by atoms with Crippen LogP contribution in [0.3, 0.4) is 0 Å². The van der Waals surface area contributed by atoms with E-state index in [2.05, 4.69) is 10.6 Å². The van der Waals surface area contributed by atoms with E-state index in [1.165, 1.54) is 16.2 Å². The molecule has 3 rings (SSSR count). The van der Waals surface area contributed by atoms with Gasteiger partial charge < -0.3 is 10.6 Å². The van der Waals surface area contributed by atoms with Gasteiger partial charge in [0.15, 0.2) is 0 Å². The monoisotopic (exact) mass is 356 g/mol. The number of para-hydroxylation sites is 1. The number of nitrogens with one attached hydrogen (secondary N) is 2. The molecular weight excluding hydrogens is 340 g/mol. The molecule has 122 valence electrons. The fourth-order valence-electron chi connectivity index (χ4n) is 2.23. The first-order chi connectivity index (χ1) is 11.7. The van der Waals surface area contributed by atoms with Gasteiger partial charge in [0.25, 0.3) is 11.8 Å². The molecule has 24 heavy (non-hydrogen) atoms. The molecule has 1 aromatic carbocycles. The predicted octanol–water partition coefficient (Wildman–Crippen LogP) is 4.03. The van der Waals surface area contributed by atoms with Crippen LogP contribution in [0.1, 0.15) is 25.6 Å². The van der Waals surface area contributed by atoms with Gasteiger partial charge in [-0.05, 0) is 41.4 Å². The summed E-state index contributed by atoms with van der Waals surface area (Å²) in [6.45, 7) is 0.562. The van der Waals surface area contributed by atoms with Crippen molar-refractivity contribution in [1.82, 2.24) is 5.32 Å². The van der Waals surface area contributed by atoms with Crippen molar-refractivity contribution in [2.24, 2.45) is 0 Å². The highest BCUT2D eigenvalue weighted by Gasteiger charge is 2.14. The normalized spacial score (nSPS) is 10.3. The Morgan fingerprint density at radius 3 is 2.58 bits per heavy atom. The molecule has 0 atom stereocenters. The van der Waals surface area contributed by atoms with Crippen LogP contribution in [0.25, 0.3) is 0 Å². The van der Waals surface area contributed by atoms with Gasteiger partial charge in [0.1, 0.15) is 0 Å². The Labute approximate surface area is 148 Å². The summed E-state index contributed by atoms with van der Waals surface area (Å²) < 4.78 is 0. The van der Waals surface area contributed by atoms with Gasteiger partial charge in [0.2, 0.25) is 0 Å². The van der Waals surface area contributed by atoms with Gasteiger partial charge in [-0.2, -0.15) is 11.3 Å². The molecule has 0 aliphatic heterocycles. The maximum atomic E-state index is 12.4. The van der Waals surface area contributed by atoms with E-state index >= 15 is 0 Å². The minimum atomic E-state index is -0.213. The van der Waals surface area contributed by atoms with Crippen molar-refractivity contribution in [3.05, 3.63) is 74.6 Å². The first-order valence-corrected chi connectivity index (χ1v) is 9.29. The van der Waals surface area contributed by atoms with Crippen molar-refractivity contribution in [1.29, 1.82) is 0 Å². The topological polar surface area (TPSA) is 58.2 Å². The molecule has 4 nitrogen and oxygen atoms in total. The van der Waals surface area contributed by atoms with E-state index < -0.39 is 0 Å². The largest absolute Gasteiger partial charge is 0.352 e. The van der Waals surface area contributed by atoms with E-state index in [0.717, 1.165) is 6.42 Å². The van der Waals surface area contributed by atoms with Gasteiger partial charge >= 0.3 is 0 Å². The molecule has 2 amide bonds. The van der Waals surface area contributed by atoms with Crippen LogP contribution in [0.15, 0.2) is 58.6 Å². The number of anilines is 1. The van der Waals surface area contributed by atoms with Crippen molar-refractivity contribution in [2.75, 3.05) is 11.9 Å². The molecule has 2 N–H and O–H groups in total. The summed E-state index contributed by atoms with van der Waals surface area (Å²) in [6, 6.07) is 12.8. The Bertz CT molecular complexity index is 811. The van der Waals surface area contributed by atoms with Crippen LogP contribution in [0.5, 0.6) is 0 Å². The van der Waals surface area contributed by atoms with E-state index in [0.29, 0.717) is 23.4 Å². The van der Waals surface area contributed by atoms with Crippen molar-refractivity contribution < 1.29 is 9.59 Å². The molecule has 3 aromatic rings. The third kappa shape index (κ3) is 4.10. The van der Waals surface area contributed by atoms with E-state index in [9.17, 15) is 9.59 Å². The second-order valence-corrected chi connectivity index (χ2v) is 6.91. The fraction of sp³-hybridized carbons (Fsp3) is 0.111. The number of rotatable bonds is 6. The van der Waals surface area contributed by atoms with Crippen molar-refractivity contribution in [2.45, 2.75) is 6.42 Å². The van der Waals surface area contributed by atoms with Crippen molar-refractivity contribution >= 4 is 40.2 Å². The van der Waals surface area contributed by atoms with Crippen LogP contribution in [0.4, 0.5) is 5.69 Å².